The van der Waals surface area contributed by atoms with Crippen LogP contribution in [0.15, 0.2) is 18.2 Å². The van der Waals surface area contributed by atoms with E-state index >= 15 is 0 Å². The van der Waals surface area contributed by atoms with Gasteiger partial charge in [-0.3, -0.25) is 9.59 Å². The minimum atomic E-state index is -4.65. The summed E-state index contributed by atoms with van der Waals surface area (Å²) < 4.78 is 38.6. The smallest absolute Gasteiger partial charge is 0.347 e. The van der Waals surface area contributed by atoms with Crippen LogP contribution in [0.4, 0.5) is 18.9 Å². The third kappa shape index (κ3) is 5.22. The Balaban J connectivity index is 2.79. The Morgan fingerprint density at radius 3 is 2.27 bits per heavy atom. The van der Waals surface area contributed by atoms with Gasteiger partial charge < -0.3 is 10.6 Å². The van der Waals surface area contributed by atoms with Crippen LogP contribution in [0, 0.1) is 5.41 Å². The predicted octanol–water partition coefficient (Wildman–Crippen LogP) is 3.46. The number of hydrogen-bond donors (Lipinski definition) is 2. The lowest BCUT2D eigenvalue weighted by Gasteiger charge is -2.18. The van der Waals surface area contributed by atoms with Crippen molar-refractivity contribution in [2.75, 3.05) is 11.9 Å². The first-order chi connectivity index (χ1) is 9.91. The Hall–Kier alpha value is -1.76. The van der Waals surface area contributed by atoms with Gasteiger partial charge in [-0.25, -0.2) is 0 Å². The first-order valence-electron chi connectivity index (χ1n) is 6.36. The molecule has 0 spiro atoms. The lowest BCUT2D eigenvalue weighted by molar-refractivity contribution is -0.137. The Kier molecular flexibility index (Phi) is 5.45. The average molecular weight is 337 g/mol. The third-order valence-corrected chi connectivity index (χ3v) is 2.89. The van der Waals surface area contributed by atoms with Gasteiger partial charge in [0.05, 0.1) is 17.8 Å². The number of benzene rings is 1. The maximum Gasteiger partial charge on any atom is 0.418 e. The van der Waals surface area contributed by atoms with Crippen LogP contribution >= 0.6 is 11.6 Å². The second-order valence-electron chi connectivity index (χ2n) is 5.67. The molecule has 0 radical (unpaired) electrons. The molecule has 0 atom stereocenters. The second-order valence-corrected chi connectivity index (χ2v) is 6.10. The highest BCUT2D eigenvalue weighted by Crippen LogP contribution is 2.36. The summed E-state index contributed by atoms with van der Waals surface area (Å²) in [4.78, 5) is 23.3. The van der Waals surface area contributed by atoms with E-state index in [0.29, 0.717) is 0 Å². The van der Waals surface area contributed by atoms with E-state index in [0.717, 1.165) is 12.1 Å². The van der Waals surface area contributed by atoms with Crippen molar-refractivity contribution in [3.05, 3.63) is 28.8 Å². The largest absolute Gasteiger partial charge is 0.418 e. The van der Waals surface area contributed by atoms with Crippen molar-refractivity contribution in [1.82, 2.24) is 5.32 Å². The number of alkyl halides is 3. The highest BCUT2D eigenvalue weighted by atomic mass is 35.5. The summed E-state index contributed by atoms with van der Waals surface area (Å²) in [6.45, 7) is 4.54. The van der Waals surface area contributed by atoms with E-state index in [1.165, 1.54) is 6.07 Å². The van der Waals surface area contributed by atoms with E-state index in [-0.39, 0.29) is 10.9 Å². The number of hydrogen-bond acceptors (Lipinski definition) is 2. The summed E-state index contributed by atoms with van der Waals surface area (Å²) in [7, 11) is 0. The van der Waals surface area contributed by atoms with Gasteiger partial charge in [0.25, 0.3) is 0 Å². The van der Waals surface area contributed by atoms with Gasteiger partial charge in [-0.15, -0.1) is 0 Å². The van der Waals surface area contributed by atoms with Crippen LogP contribution in [-0.4, -0.2) is 18.4 Å². The van der Waals surface area contributed by atoms with Crippen LogP contribution in [0.1, 0.15) is 26.3 Å². The Morgan fingerprint density at radius 1 is 1.18 bits per heavy atom. The fourth-order valence-electron chi connectivity index (χ4n) is 1.48. The maximum absolute atomic E-state index is 12.9. The van der Waals surface area contributed by atoms with Crippen LogP contribution in [0.25, 0.3) is 0 Å². The molecule has 0 aliphatic rings. The number of amides is 2. The van der Waals surface area contributed by atoms with Crippen LogP contribution in [0.3, 0.4) is 0 Å². The molecule has 0 bridgehead atoms. The van der Waals surface area contributed by atoms with Crippen molar-refractivity contribution in [2.45, 2.75) is 26.9 Å². The minimum absolute atomic E-state index is 0.0913. The number of anilines is 1. The molecule has 8 heteroatoms. The molecule has 0 aliphatic heterocycles. The summed E-state index contributed by atoms with van der Waals surface area (Å²) >= 11 is 5.54. The predicted molar refractivity (Wildman–Crippen MR) is 77.5 cm³/mol. The SMILES string of the molecule is CC(C)(C)C(=O)NCC(=O)Nc1ccc(Cl)cc1C(F)(F)F. The molecular formula is C14H16ClF3N2O2. The normalized spacial score (nSPS) is 12.0. The molecule has 0 saturated carbocycles. The van der Waals surface area contributed by atoms with E-state index in [4.69, 9.17) is 11.6 Å². The molecule has 4 nitrogen and oxygen atoms in total. The molecule has 1 rings (SSSR count). The van der Waals surface area contributed by atoms with Gasteiger partial charge in [-0.1, -0.05) is 32.4 Å². The zero-order valence-electron chi connectivity index (χ0n) is 12.3. The van der Waals surface area contributed by atoms with Crippen molar-refractivity contribution in [3.8, 4) is 0 Å². The zero-order chi connectivity index (χ0) is 17.1. The standard InChI is InChI=1S/C14H16ClF3N2O2/c1-13(2,3)12(22)19-7-11(21)20-10-5-4-8(15)6-9(10)14(16,17)18/h4-6H,7H2,1-3H3,(H,19,22)(H,20,21). The lowest BCUT2D eigenvalue weighted by Crippen LogP contribution is -2.39. The topological polar surface area (TPSA) is 58.2 Å². The summed E-state index contributed by atoms with van der Waals surface area (Å²) in [6.07, 6.45) is -4.65. The molecule has 0 aromatic heterocycles. The summed E-state index contributed by atoms with van der Waals surface area (Å²) in [5, 5.41) is 4.38. The van der Waals surface area contributed by atoms with E-state index in [9.17, 15) is 22.8 Å². The van der Waals surface area contributed by atoms with Gasteiger partial charge in [-0.05, 0) is 18.2 Å². The molecule has 2 amide bonds. The van der Waals surface area contributed by atoms with Crippen LogP contribution in [0.2, 0.25) is 5.02 Å². The minimum Gasteiger partial charge on any atom is -0.347 e. The number of rotatable bonds is 3. The Morgan fingerprint density at radius 2 is 1.77 bits per heavy atom. The van der Waals surface area contributed by atoms with Gasteiger partial charge in [0.1, 0.15) is 0 Å². The molecule has 2 N–H and O–H groups in total. The zero-order valence-corrected chi connectivity index (χ0v) is 13.0. The number of carbonyl (C=O) groups is 2. The molecular weight excluding hydrogens is 321 g/mol. The third-order valence-electron chi connectivity index (χ3n) is 2.65. The first-order valence-corrected chi connectivity index (χ1v) is 6.74. The van der Waals surface area contributed by atoms with Crippen LogP contribution in [0.5, 0.6) is 0 Å². The van der Waals surface area contributed by atoms with Crippen molar-refractivity contribution in [2.24, 2.45) is 5.41 Å². The molecule has 0 aliphatic carbocycles. The number of carbonyl (C=O) groups excluding carboxylic acids is 2. The lowest BCUT2D eigenvalue weighted by atomic mass is 9.96. The molecule has 1 aromatic carbocycles. The van der Waals surface area contributed by atoms with Crippen LogP contribution in [-0.2, 0) is 15.8 Å². The van der Waals surface area contributed by atoms with Crippen molar-refractivity contribution >= 4 is 29.1 Å². The van der Waals surface area contributed by atoms with Crippen molar-refractivity contribution < 1.29 is 22.8 Å². The van der Waals surface area contributed by atoms with E-state index in [2.05, 4.69) is 10.6 Å². The van der Waals surface area contributed by atoms with Gasteiger partial charge >= 0.3 is 6.18 Å². The molecule has 1 aromatic rings. The fourth-order valence-corrected chi connectivity index (χ4v) is 1.65. The molecule has 0 unspecified atom stereocenters. The highest BCUT2D eigenvalue weighted by Gasteiger charge is 2.34. The fraction of sp³-hybridized carbons (Fsp3) is 0.429. The molecule has 0 fully saturated rings. The van der Waals surface area contributed by atoms with Crippen molar-refractivity contribution in [3.63, 3.8) is 0 Å². The Bertz CT molecular complexity index is 580. The number of halogens is 4. The molecule has 122 valence electrons. The van der Waals surface area contributed by atoms with Crippen LogP contribution < -0.4 is 10.6 Å². The maximum atomic E-state index is 12.9. The average Bonchev–Trinajstić information content (AvgIpc) is 2.35. The monoisotopic (exact) mass is 336 g/mol. The van der Waals surface area contributed by atoms with Gasteiger partial charge in [0.15, 0.2) is 0 Å². The Labute approximate surface area is 131 Å². The molecule has 0 saturated heterocycles. The van der Waals surface area contributed by atoms with Gasteiger partial charge in [0.2, 0.25) is 11.8 Å². The first kappa shape index (κ1) is 18.3. The van der Waals surface area contributed by atoms with Crippen molar-refractivity contribution in [1.29, 1.82) is 0 Å². The second kappa shape index (κ2) is 6.56. The van der Waals surface area contributed by atoms with E-state index < -0.39 is 35.3 Å². The van der Waals surface area contributed by atoms with E-state index in [1.807, 2.05) is 0 Å². The summed E-state index contributed by atoms with van der Waals surface area (Å²) in [5.74, 6) is -1.14. The van der Waals surface area contributed by atoms with Gasteiger partial charge in [-0.2, -0.15) is 13.2 Å². The quantitative estimate of drug-likeness (QED) is 0.888. The van der Waals surface area contributed by atoms with Gasteiger partial charge in [0, 0.05) is 10.4 Å². The number of nitrogens with one attached hydrogen (secondary N) is 2. The summed E-state index contributed by atoms with van der Waals surface area (Å²) in [6, 6.07) is 3.03. The summed E-state index contributed by atoms with van der Waals surface area (Å²) in [5.41, 5.74) is -2.15. The molecule has 22 heavy (non-hydrogen) atoms. The highest BCUT2D eigenvalue weighted by molar-refractivity contribution is 6.30. The van der Waals surface area contributed by atoms with E-state index in [1.54, 1.807) is 20.8 Å². The molecule has 0 heterocycles.